The van der Waals surface area contributed by atoms with Crippen molar-refractivity contribution < 1.29 is 9.59 Å². The summed E-state index contributed by atoms with van der Waals surface area (Å²) in [6.07, 6.45) is 0. The Balaban J connectivity index is 2.64. The van der Waals surface area contributed by atoms with Gasteiger partial charge in [-0.1, -0.05) is 18.2 Å². The van der Waals surface area contributed by atoms with E-state index in [2.05, 4.69) is 16.0 Å². The quantitative estimate of drug-likeness (QED) is 0.651. The van der Waals surface area contributed by atoms with Gasteiger partial charge in [0, 0.05) is 12.6 Å². The Labute approximate surface area is 105 Å². The molecule has 3 amide bonds. The fraction of sp³-hybridized carbons (Fsp3) is 0.182. The number of urea groups is 1. The van der Waals surface area contributed by atoms with E-state index in [0.29, 0.717) is 5.56 Å². The minimum Gasteiger partial charge on any atom is -0.341 e. The van der Waals surface area contributed by atoms with Crippen LogP contribution in [0.4, 0.5) is 4.79 Å². The van der Waals surface area contributed by atoms with Crippen molar-refractivity contribution in [2.24, 2.45) is 0 Å². The van der Waals surface area contributed by atoms with Gasteiger partial charge in [-0.3, -0.25) is 15.4 Å². The SMILES string of the molecule is CNC(=O)NC(=S)NC(=O)c1ccccc1C. The van der Waals surface area contributed by atoms with E-state index >= 15 is 0 Å². The van der Waals surface area contributed by atoms with Crippen LogP contribution in [-0.2, 0) is 0 Å². The van der Waals surface area contributed by atoms with Crippen LogP contribution in [0.3, 0.4) is 0 Å². The number of hydrogen-bond acceptors (Lipinski definition) is 3. The van der Waals surface area contributed by atoms with Gasteiger partial charge in [0.05, 0.1) is 0 Å². The molecule has 3 N–H and O–H groups in total. The average Bonchev–Trinajstić information content (AvgIpc) is 2.29. The first kappa shape index (κ1) is 13.1. The zero-order chi connectivity index (χ0) is 12.8. The van der Waals surface area contributed by atoms with Crippen LogP contribution < -0.4 is 16.0 Å². The van der Waals surface area contributed by atoms with Crippen molar-refractivity contribution in [1.82, 2.24) is 16.0 Å². The fourth-order valence-corrected chi connectivity index (χ4v) is 1.38. The second-order valence-electron chi connectivity index (χ2n) is 3.30. The van der Waals surface area contributed by atoms with E-state index in [9.17, 15) is 9.59 Å². The van der Waals surface area contributed by atoms with Crippen LogP contribution in [0.15, 0.2) is 24.3 Å². The second kappa shape index (κ2) is 5.95. The first-order chi connectivity index (χ1) is 8.04. The number of hydrogen-bond donors (Lipinski definition) is 3. The van der Waals surface area contributed by atoms with Gasteiger partial charge in [0.2, 0.25) is 0 Å². The second-order valence-corrected chi connectivity index (χ2v) is 3.71. The molecule has 1 aromatic carbocycles. The molecule has 0 spiro atoms. The molecule has 0 aliphatic rings. The van der Waals surface area contributed by atoms with Crippen molar-refractivity contribution in [1.29, 1.82) is 0 Å². The minimum atomic E-state index is -0.472. The Kier molecular flexibility index (Phi) is 4.59. The molecule has 0 aromatic heterocycles. The first-order valence-electron chi connectivity index (χ1n) is 4.94. The molecule has 0 saturated heterocycles. The maximum absolute atomic E-state index is 11.8. The molecule has 0 bridgehead atoms. The third-order valence-corrected chi connectivity index (χ3v) is 2.28. The summed E-state index contributed by atoms with van der Waals surface area (Å²) in [7, 11) is 1.46. The molecule has 5 nitrogen and oxygen atoms in total. The molecular formula is C11H13N3O2S. The molecule has 1 rings (SSSR count). The molecule has 0 aliphatic heterocycles. The Morgan fingerprint density at radius 1 is 1.18 bits per heavy atom. The van der Waals surface area contributed by atoms with E-state index in [1.54, 1.807) is 12.1 Å². The van der Waals surface area contributed by atoms with E-state index in [1.165, 1.54) is 7.05 Å². The molecule has 6 heteroatoms. The molecular weight excluding hydrogens is 238 g/mol. The lowest BCUT2D eigenvalue weighted by Crippen LogP contribution is -2.45. The number of carbonyl (C=O) groups excluding carboxylic acids is 2. The number of carbonyl (C=O) groups is 2. The number of thiocarbonyl (C=S) groups is 1. The highest BCUT2D eigenvalue weighted by atomic mass is 32.1. The molecule has 0 fully saturated rings. The first-order valence-corrected chi connectivity index (χ1v) is 5.35. The van der Waals surface area contributed by atoms with E-state index in [1.807, 2.05) is 19.1 Å². The van der Waals surface area contributed by atoms with Gasteiger partial charge in [-0.15, -0.1) is 0 Å². The van der Waals surface area contributed by atoms with Crippen LogP contribution in [0.2, 0.25) is 0 Å². The average molecular weight is 251 g/mol. The van der Waals surface area contributed by atoms with Gasteiger partial charge in [0.15, 0.2) is 5.11 Å². The van der Waals surface area contributed by atoms with E-state index in [4.69, 9.17) is 12.2 Å². The molecule has 0 unspecified atom stereocenters. The van der Waals surface area contributed by atoms with E-state index in [-0.39, 0.29) is 11.0 Å². The van der Waals surface area contributed by atoms with Gasteiger partial charge in [-0.05, 0) is 30.8 Å². The number of aryl methyl sites for hydroxylation is 1. The van der Waals surface area contributed by atoms with Gasteiger partial charge in [0.1, 0.15) is 0 Å². The summed E-state index contributed by atoms with van der Waals surface area (Å²) in [5, 5.41) is 7.02. The van der Waals surface area contributed by atoms with Crippen molar-refractivity contribution in [3.05, 3.63) is 35.4 Å². The Morgan fingerprint density at radius 3 is 2.41 bits per heavy atom. The maximum atomic E-state index is 11.8. The molecule has 17 heavy (non-hydrogen) atoms. The standard InChI is InChI=1S/C11H13N3O2S/c1-7-5-3-4-6-8(7)9(15)13-11(17)14-10(16)12-2/h3-6H,1-2H3,(H3,12,13,14,15,16,17). The van der Waals surface area contributed by atoms with Gasteiger partial charge < -0.3 is 5.32 Å². The molecule has 0 heterocycles. The monoisotopic (exact) mass is 251 g/mol. The zero-order valence-electron chi connectivity index (χ0n) is 9.53. The van der Waals surface area contributed by atoms with Crippen LogP contribution in [0, 0.1) is 6.92 Å². The molecule has 1 aromatic rings. The summed E-state index contributed by atoms with van der Waals surface area (Å²) >= 11 is 4.81. The summed E-state index contributed by atoms with van der Waals surface area (Å²) in [6, 6.07) is 6.64. The molecule has 0 aliphatic carbocycles. The summed E-state index contributed by atoms with van der Waals surface area (Å²) in [6.45, 7) is 1.82. The van der Waals surface area contributed by atoms with Crippen LogP contribution in [0.5, 0.6) is 0 Å². The van der Waals surface area contributed by atoms with Gasteiger partial charge in [-0.2, -0.15) is 0 Å². The molecule has 90 valence electrons. The summed E-state index contributed by atoms with van der Waals surface area (Å²) in [5.74, 6) is -0.343. The van der Waals surface area contributed by atoms with Gasteiger partial charge in [-0.25, -0.2) is 4.79 Å². The van der Waals surface area contributed by atoms with Crippen molar-refractivity contribution in [2.75, 3.05) is 7.05 Å². The van der Waals surface area contributed by atoms with Crippen LogP contribution in [0.1, 0.15) is 15.9 Å². The van der Waals surface area contributed by atoms with Gasteiger partial charge in [0.25, 0.3) is 5.91 Å². The smallest absolute Gasteiger partial charge is 0.320 e. The van der Waals surface area contributed by atoms with Crippen molar-refractivity contribution >= 4 is 29.3 Å². The summed E-state index contributed by atoms with van der Waals surface area (Å²) in [5.41, 5.74) is 1.36. The zero-order valence-corrected chi connectivity index (χ0v) is 10.4. The maximum Gasteiger partial charge on any atom is 0.320 e. The van der Waals surface area contributed by atoms with Crippen molar-refractivity contribution in [3.8, 4) is 0 Å². The number of nitrogens with one attached hydrogen (secondary N) is 3. The topological polar surface area (TPSA) is 70.2 Å². The summed E-state index contributed by atoms with van der Waals surface area (Å²) in [4.78, 5) is 22.7. The molecule has 0 saturated carbocycles. The predicted molar refractivity (Wildman–Crippen MR) is 68.8 cm³/mol. The van der Waals surface area contributed by atoms with Crippen molar-refractivity contribution in [3.63, 3.8) is 0 Å². The van der Waals surface area contributed by atoms with Gasteiger partial charge >= 0.3 is 6.03 Å². The fourth-order valence-electron chi connectivity index (χ4n) is 1.19. The Hall–Kier alpha value is -1.95. The van der Waals surface area contributed by atoms with Crippen LogP contribution in [-0.4, -0.2) is 24.1 Å². The minimum absolute atomic E-state index is 0.0300. The highest BCUT2D eigenvalue weighted by Crippen LogP contribution is 2.06. The predicted octanol–water partition coefficient (Wildman–Crippen LogP) is 0.939. The number of benzene rings is 1. The lowest BCUT2D eigenvalue weighted by Gasteiger charge is -2.09. The lowest BCUT2D eigenvalue weighted by atomic mass is 10.1. The normalized spacial score (nSPS) is 9.29. The Morgan fingerprint density at radius 2 is 1.82 bits per heavy atom. The third-order valence-electron chi connectivity index (χ3n) is 2.07. The van der Waals surface area contributed by atoms with Crippen LogP contribution >= 0.6 is 12.2 Å². The lowest BCUT2D eigenvalue weighted by molar-refractivity contribution is 0.0976. The van der Waals surface area contributed by atoms with E-state index in [0.717, 1.165) is 5.56 Å². The van der Waals surface area contributed by atoms with Crippen LogP contribution in [0.25, 0.3) is 0 Å². The highest BCUT2D eigenvalue weighted by Gasteiger charge is 2.10. The number of rotatable bonds is 1. The largest absolute Gasteiger partial charge is 0.341 e. The Bertz CT molecular complexity index is 460. The molecule has 0 atom stereocenters. The highest BCUT2D eigenvalue weighted by molar-refractivity contribution is 7.80. The summed E-state index contributed by atoms with van der Waals surface area (Å²) < 4.78 is 0. The molecule has 0 radical (unpaired) electrons. The third kappa shape index (κ3) is 3.84. The van der Waals surface area contributed by atoms with E-state index < -0.39 is 6.03 Å². The number of amides is 3. The van der Waals surface area contributed by atoms with Crippen molar-refractivity contribution in [2.45, 2.75) is 6.92 Å².